The van der Waals surface area contributed by atoms with Crippen molar-refractivity contribution in [2.45, 2.75) is 44.0 Å². The van der Waals surface area contributed by atoms with Gasteiger partial charge >= 0.3 is 0 Å². The van der Waals surface area contributed by atoms with Gasteiger partial charge in [-0.05, 0) is 37.8 Å². The van der Waals surface area contributed by atoms with Crippen molar-refractivity contribution in [1.29, 1.82) is 0 Å². The Morgan fingerprint density at radius 2 is 2.21 bits per heavy atom. The van der Waals surface area contributed by atoms with E-state index in [1.165, 1.54) is 17.8 Å². The normalized spacial score (nSPS) is 16.5. The van der Waals surface area contributed by atoms with Gasteiger partial charge in [-0.25, -0.2) is 13.1 Å². The molecule has 0 amide bonds. The molecule has 0 aromatic carbocycles. The summed E-state index contributed by atoms with van der Waals surface area (Å²) in [4.78, 5) is 1.47. The molecule has 6 heteroatoms. The highest BCUT2D eigenvalue weighted by Crippen LogP contribution is 2.26. The highest BCUT2D eigenvalue weighted by Gasteiger charge is 2.21. The van der Waals surface area contributed by atoms with E-state index in [-0.39, 0.29) is 0 Å². The van der Waals surface area contributed by atoms with E-state index in [9.17, 15) is 8.42 Å². The molecule has 0 aliphatic heterocycles. The van der Waals surface area contributed by atoms with E-state index >= 15 is 0 Å². The average molecular weight is 302 g/mol. The second kappa shape index (κ2) is 6.83. The number of nitrogens with one attached hydrogen (secondary N) is 2. The van der Waals surface area contributed by atoms with E-state index in [1.54, 1.807) is 11.4 Å². The van der Waals surface area contributed by atoms with Gasteiger partial charge in [0.2, 0.25) is 10.0 Å². The molecule has 0 radical (unpaired) electrons. The van der Waals surface area contributed by atoms with Crippen molar-refractivity contribution >= 4 is 21.4 Å². The first kappa shape index (κ1) is 15.0. The third kappa shape index (κ3) is 4.27. The number of sulfonamides is 1. The average Bonchev–Trinajstić information content (AvgIpc) is 2.76. The summed E-state index contributed by atoms with van der Waals surface area (Å²) in [6, 6.07) is 1.77. The minimum Gasteiger partial charge on any atom is -0.312 e. The minimum absolute atomic E-state index is 0.408. The van der Waals surface area contributed by atoms with Crippen molar-refractivity contribution < 1.29 is 8.42 Å². The van der Waals surface area contributed by atoms with Crippen molar-refractivity contribution in [2.75, 3.05) is 13.1 Å². The molecule has 1 saturated carbocycles. The van der Waals surface area contributed by atoms with Crippen LogP contribution >= 0.6 is 11.3 Å². The summed E-state index contributed by atoms with van der Waals surface area (Å²) in [5.74, 6) is 0.541. The summed E-state index contributed by atoms with van der Waals surface area (Å²) in [5.41, 5.74) is 0. The number of hydrogen-bond acceptors (Lipinski definition) is 4. The van der Waals surface area contributed by atoms with Crippen LogP contribution in [0, 0.1) is 5.92 Å². The smallest absolute Gasteiger partial charge is 0.241 e. The van der Waals surface area contributed by atoms with Crippen LogP contribution in [0.3, 0.4) is 0 Å². The lowest BCUT2D eigenvalue weighted by molar-refractivity contribution is 0.316. The summed E-state index contributed by atoms with van der Waals surface area (Å²) >= 11 is 1.50. The highest BCUT2D eigenvalue weighted by atomic mass is 32.2. The fourth-order valence-electron chi connectivity index (χ4n) is 1.99. The first-order chi connectivity index (χ1) is 9.12. The van der Waals surface area contributed by atoms with Gasteiger partial charge in [-0.15, -0.1) is 11.3 Å². The Morgan fingerprint density at radius 3 is 2.84 bits per heavy atom. The van der Waals surface area contributed by atoms with Crippen LogP contribution < -0.4 is 10.0 Å². The molecular weight excluding hydrogens is 280 g/mol. The van der Waals surface area contributed by atoms with Gasteiger partial charge in [-0.2, -0.15) is 0 Å². The van der Waals surface area contributed by atoms with Gasteiger partial charge in [-0.1, -0.05) is 13.3 Å². The predicted octanol–water partition coefficient (Wildman–Crippen LogP) is 2.33. The maximum atomic E-state index is 12.1. The Labute approximate surface area is 119 Å². The molecule has 2 rings (SSSR count). The topological polar surface area (TPSA) is 58.2 Å². The number of rotatable bonds is 8. The Bertz CT molecular complexity index is 492. The van der Waals surface area contributed by atoms with Crippen LogP contribution in [0.15, 0.2) is 16.3 Å². The number of hydrogen-bond donors (Lipinski definition) is 2. The van der Waals surface area contributed by atoms with Crippen LogP contribution in [-0.4, -0.2) is 21.5 Å². The Kier molecular flexibility index (Phi) is 5.38. The van der Waals surface area contributed by atoms with E-state index in [4.69, 9.17) is 0 Å². The molecule has 1 aliphatic carbocycles. The molecule has 1 aromatic heterocycles. The third-order valence-corrected chi connectivity index (χ3v) is 5.94. The third-order valence-electron chi connectivity index (χ3n) is 3.45. The molecule has 0 unspecified atom stereocenters. The van der Waals surface area contributed by atoms with Crippen LogP contribution in [0.2, 0.25) is 0 Å². The van der Waals surface area contributed by atoms with E-state index in [0.717, 1.165) is 37.2 Å². The SMILES string of the molecule is CCCNCc1cc(S(=O)(=O)NCC2CCC2)cs1. The molecule has 1 aromatic rings. The van der Waals surface area contributed by atoms with Gasteiger partial charge in [0.15, 0.2) is 0 Å². The fraction of sp³-hybridized carbons (Fsp3) is 0.692. The van der Waals surface area contributed by atoms with Gasteiger partial charge < -0.3 is 5.32 Å². The van der Waals surface area contributed by atoms with Crippen LogP contribution in [0.1, 0.15) is 37.5 Å². The van der Waals surface area contributed by atoms with Crippen molar-refractivity contribution in [2.24, 2.45) is 5.92 Å². The molecule has 0 spiro atoms. The molecular formula is C13H22N2O2S2. The maximum Gasteiger partial charge on any atom is 0.241 e. The summed E-state index contributed by atoms with van der Waals surface area (Å²) in [6.45, 7) is 4.40. The van der Waals surface area contributed by atoms with Crippen LogP contribution in [0.4, 0.5) is 0 Å². The van der Waals surface area contributed by atoms with Crippen molar-refractivity contribution in [3.63, 3.8) is 0 Å². The summed E-state index contributed by atoms with van der Waals surface area (Å²) in [7, 11) is -3.31. The van der Waals surface area contributed by atoms with E-state index in [2.05, 4.69) is 17.0 Å². The molecule has 1 fully saturated rings. The first-order valence-corrected chi connectivity index (χ1v) is 9.26. The van der Waals surface area contributed by atoms with Crippen LogP contribution in [0.25, 0.3) is 0 Å². The summed E-state index contributed by atoms with van der Waals surface area (Å²) in [5, 5.41) is 5.01. The second-order valence-corrected chi connectivity index (χ2v) is 7.84. The van der Waals surface area contributed by atoms with Gasteiger partial charge in [-0.3, -0.25) is 0 Å². The zero-order valence-corrected chi connectivity index (χ0v) is 12.9. The van der Waals surface area contributed by atoms with Crippen molar-refractivity contribution in [3.8, 4) is 0 Å². The largest absolute Gasteiger partial charge is 0.312 e. The number of thiophene rings is 1. The summed E-state index contributed by atoms with van der Waals surface area (Å²) < 4.78 is 26.9. The van der Waals surface area contributed by atoms with Gasteiger partial charge in [0.05, 0.1) is 4.90 Å². The molecule has 0 bridgehead atoms. The Hall–Kier alpha value is -0.430. The lowest BCUT2D eigenvalue weighted by Gasteiger charge is -2.25. The molecule has 0 saturated heterocycles. The Balaban J connectivity index is 1.88. The van der Waals surface area contributed by atoms with Gasteiger partial charge in [0.25, 0.3) is 0 Å². The van der Waals surface area contributed by atoms with E-state index in [1.807, 2.05) is 0 Å². The lowest BCUT2D eigenvalue weighted by Crippen LogP contribution is -2.32. The Morgan fingerprint density at radius 1 is 1.42 bits per heavy atom. The standard InChI is InChI=1S/C13H22N2O2S2/c1-2-6-14-9-12-7-13(10-18-12)19(16,17)15-8-11-4-3-5-11/h7,10-11,14-15H,2-6,8-9H2,1H3. The molecule has 2 N–H and O–H groups in total. The molecule has 1 heterocycles. The quantitative estimate of drug-likeness (QED) is 0.725. The zero-order valence-electron chi connectivity index (χ0n) is 11.3. The molecule has 19 heavy (non-hydrogen) atoms. The highest BCUT2D eigenvalue weighted by molar-refractivity contribution is 7.89. The van der Waals surface area contributed by atoms with Crippen molar-refractivity contribution in [1.82, 2.24) is 10.0 Å². The van der Waals surface area contributed by atoms with Crippen LogP contribution in [0.5, 0.6) is 0 Å². The minimum atomic E-state index is -3.31. The molecule has 1 aliphatic rings. The fourth-order valence-corrected chi connectivity index (χ4v) is 4.35. The molecule has 108 valence electrons. The monoisotopic (exact) mass is 302 g/mol. The second-order valence-electron chi connectivity index (χ2n) is 5.07. The summed E-state index contributed by atoms with van der Waals surface area (Å²) in [6.07, 6.45) is 4.62. The lowest BCUT2D eigenvalue weighted by atomic mass is 9.86. The first-order valence-electron chi connectivity index (χ1n) is 6.89. The predicted molar refractivity (Wildman–Crippen MR) is 78.8 cm³/mol. The van der Waals surface area contributed by atoms with E-state index in [0.29, 0.717) is 17.4 Å². The van der Waals surface area contributed by atoms with Gasteiger partial charge in [0, 0.05) is 23.3 Å². The maximum absolute atomic E-state index is 12.1. The van der Waals surface area contributed by atoms with Gasteiger partial charge in [0.1, 0.15) is 0 Å². The van der Waals surface area contributed by atoms with Crippen LogP contribution in [-0.2, 0) is 16.6 Å². The molecule has 4 nitrogen and oxygen atoms in total. The zero-order chi connectivity index (χ0) is 13.7. The van der Waals surface area contributed by atoms with E-state index < -0.39 is 10.0 Å². The van der Waals surface area contributed by atoms with Crippen molar-refractivity contribution in [3.05, 3.63) is 16.3 Å². The molecule has 0 atom stereocenters.